The molecule has 0 aromatic carbocycles. The van der Waals surface area contributed by atoms with Crippen LogP contribution in [0.3, 0.4) is 0 Å². The van der Waals surface area contributed by atoms with E-state index < -0.39 is 25.6 Å². The van der Waals surface area contributed by atoms with Crippen LogP contribution in [0.25, 0.3) is 0 Å². The first-order valence-corrected chi connectivity index (χ1v) is 11.2. The highest BCUT2D eigenvalue weighted by atomic mass is 32.2. The van der Waals surface area contributed by atoms with Gasteiger partial charge >= 0.3 is 0 Å². The zero-order valence-electron chi connectivity index (χ0n) is 14.9. The van der Waals surface area contributed by atoms with Crippen molar-refractivity contribution in [2.75, 3.05) is 33.1 Å². The minimum Gasteiger partial charge on any atom is -0.385 e. The van der Waals surface area contributed by atoms with Gasteiger partial charge in [0.1, 0.15) is 10.6 Å². The van der Waals surface area contributed by atoms with Gasteiger partial charge in [-0.3, -0.25) is 0 Å². The number of aryl methyl sites for hydroxylation is 2. The SMILES string of the molecule is COCCC1(NS(C)(=O)=O)CCN(S(=O)(=O)c2c(C)noc2C)CC1. The molecule has 2 rings (SSSR count). The number of hydrogen-bond donors (Lipinski definition) is 1. The summed E-state index contributed by atoms with van der Waals surface area (Å²) >= 11 is 0. The Morgan fingerprint density at radius 3 is 2.28 bits per heavy atom. The first-order valence-electron chi connectivity index (χ1n) is 7.92. The van der Waals surface area contributed by atoms with Crippen LogP contribution in [0.1, 0.15) is 30.7 Å². The molecule has 0 aliphatic carbocycles. The third kappa shape index (κ3) is 4.59. The smallest absolute Gasteiger partial charge is 0.248 e. The summed E-state index contributed by atoms with van der Waals surface area (Å²) in [4.78, 5) is 0.0907. The Hall–Kier alpha value is -1.01. The van der Waals surface area contributed by atoms with Gasteiger partial charge in [-0.25, -0.2) is 21.6 Å². The van der Waals surface area contributed by atoms with Crippen LogP contribution < -0.4 is 4.72 Å². The Morgan fingerprint density at radius 2 is 1.84 bits per heavy atom. The normalized spacial score (nSPS) is 19.2. The minimum atomic E-state index is -3.73. The van der Waals surface area contributed by atoms with Gasteiger partial charge in [-0.15, -0.1) is 0 Å². The maximum Gasteiger partial charge on any atom is 0.248 e. The Labute approximate surface area is 148 Å². The summed E-state index contributed by atoms with van der Waals surface area (Å²) in [6, 6.07) is 0. The van der Waals surface area contributed by atoms with Gasteiger partial charge in [0.05, 0.1) is 6.26 Å². The lowest BCUT2D eigenvalue weighted by Gasteiger charge is -2.41. The zero-order valence-corrected chi connectivity index (χ0v) is 16.5. The second-order valence-corrected chi connectivity index (χ2v) is 10.1. The summed E-state index contributed by atoms with van der Waals surface area (Å²) in [6.07, 6.45) is 2.32. The standard InChI is InChI=1S/C14H25N3O6S2/c1-11-13(12(2)23-15-11)25(20,21)17-8-5-14(6-9-17,7-10-22-3)16-24(4,18)19/h16H,5-10H2,1-4H3. The molecule has 1 aliphatic rings. The summed E-state index contributed by atoms with van der Waals surface area (Å²) < 4.78 is 63.2. The van der Waals surface area contributed by atoms with Gasteiger partial charge in [-0.2, -0.15) is 4.31 Å². The molecule has 9 nitrogen and oxygen atoms in total. The summed E-state index contributed by atoms with van der Waals surface area (Å²) in [5.74, 6) is 0.253. The molecule has 25 heavy (non-hydrogen) atoms. The Bertz CT molecular complexity index is 788. The van der Waals surface area contributed by atoms with Crippen LogP contribution in [0, 0.1) is 13.8 Å². The van der Waals surface area contributed by atoms with Crippen molar-refractivity contribution in [1.29, 1.82) is 0 Å². The molecule has 0 amide bonds. The van der Waals surface area contributed by atoms with E-state index in [-0.39, 0.29) is 23.7 Å². The van der Waals surface area contributed by atoms with Crippen molar-refractivity contribution in [3.05, 3.63) is 11.5 Å². The van der Waals surface area contributed by atoms with E-state index in [1.165, 1.54) is 4.31 Å². The van der Waals surface area contributed by atoms with Crippen LogP contribution in [-0.4, -0.2) is 64.9 Å². The van der Waals surface area contributed by atoms with Gasteiger partial charge in [0.15, 0.2) is 5.76 Å². The quantitative estimate of drug-likeness (QED) is 0.710. The van der Waals surface area contributed by atoms with E-state index in [1.54, 1.807) is 21.0 Å². The molecule has 0 bridgehead atoms. The van der Waals surface area contributed by atoms with Crippen molar-refractivity contribution < 1.29 is 26.1 Å². The van der Waals surface area contributed by atoms with Crippen LogP contribution in [-0.2, 0) is 24.8 Å². The molecule has 144 valence electrons. The topological polar surface area (TPSA) is 119 Å². The van der Waals surface area contributed by atoms with Gasteiger partial charge in [0, 0.05) is 32.3 Å². The van der Waals surface area contributed by atoms with Gasteiger partial charge in [0.25, 0.3) is 0 Å². The van der Waals surface area contributed by atoms with Gasteiger partial charge in [-0.05, 0) is 33.1 Å². The van der Waals surface area contributed by atoms with E-state index in [9.17, 15) is 16.8 Å². The van der Waals surface area contributed by atoms with E-state index in [1.807, 2.05) is 0 Å². The lowest BCUT2D eigenvalue weighted by Crippen LogP contribution is -2.56. The number of rotatable bonds is 7. The van der Waals surface area contributed by atoms with E-state index in [2.05, 4.69) is 9.88 Å². The molecule has 1 saturated heterocycles. The molecule has 0 unspecified atom stereocenters. The van der Waals surface area contributed by atoms with Gasteiger partial charge in [0.2, 0.25) is 20.0 Å². The number of aromatic nitrogens is 1. The Balaban J connectivity index is 2.21. The summed E-state index contributed by atoms with van der Waals surface area (Å²) in [6.45, 7) is 3.95. The minimum absolute atomic E-state index is 0.0907. The number of piperidine rings is 1. The molecule has 0 spiro atoms. The van der Waals surface area contributed by atoms with Crippen molar-refractivity contribution in [1.82, 2.24) is 14.2 Å². The number of ether oxygens (including phenoxy) is 1. The lowest BCUT2D eigenvalue weighted by atomic mass is 9.86. The van der Waals surface area contributed by atoms with E-state index in [0.29, 0.717) is 31.6 Å². The van der Waals surface area contributed by atoms with Crippen molar-refractivity contribution in [3.63, 3.8) is 0 Å². The maximum atomic E-state index is 12.9. The summed E-state index contributed by atoms with van der Waals surface area (Å²) in [5.41, 5.74) is -0.378. The predicted octanol–water partition coefficient (Wildman–Crippen LogP) is 0.400. The summed E-state index contributed by atoms with van der Waals surface area (Å²) in [7, 11) is -5.60. The first-order chi connectivity index (χ1) is 11.5. The van der Waals surface area contributed by atoms with E-state index in [4.69, 9.17) is 9.26 Å². The van der Waals surface area contributed by atoms with Crippen LogP contribution >= 0.6 is 0 Å². The number of sulfonamides is 2. The summed E-state index contributed by atoms with van der Waals surface area (Å²) in [5, 5.41) is 3.71. The number of hydrogen-bond acceptors (Lipinski definition) is 7. The highest BCUT2D eigenvalue weighted by molar-refractivity contribution is 7.89. The fourth-order valence-electron chi connectivity index (χ4n) is 3.22. The molecule has 1 N–H and O–H groups in total. The lowest BCUT2D eigenvalue weighted by molar-refractivity contribution is 0.132. The van der Waals surface area contributed by atoms with Crippen molar-refractivity contribution in [3.8, 4) is 0 Å². The third-order valence-electron chi connectivity index (χ3n) is 4.43. The Morgan fingerprint density at radius 1 is 1.24 bits per heavy atom. The molecule has 11 heteroatoms. The van der Waals surface area contributed by atoms with Crippen molar-refractivity contribution in [2.24, 2.45) is 0 Å². The van der Waals surface area contributed by atoms with Gasteiger partial charge < -0.3 is 9.26 Å². The average molecular weight is 396 g/mol. The largest absolute Gasteiger partial charge is 0.385 e. The fourth-order valence-corrected chi connectivity index (χ4v) is 6.05. The van der Waals surface area contributed by atoms with Crippen molar-refractivity contribution in [2.45, 2.75) is 43.5 Å². The molecular formula is C14H25N3O6S2. The highest BCUT2D eigenvalue weighted by Crippen LogP contribution is 2.31. The monoisotopic (exact) mass is 395 g/mol. The van der Waals surface area contributed by atoms with Crippen molar-refractivity contribution >= 4 is 20.0 Å². The van der Waals surface area contributed by atoms with Gasteiger partial charge in [-0.1, -0.05) is 5.16 Å². The Kier molecular flexibility index (Phi) is 5.94. The molecule has 1 fully saturated rings. The fraction of sp³-hybridized carbons (Fsp3) is 0.786. The zero-order chi connectivity index (χ0) is 18.9. The third-order valence-corrected chi connectivity index (χ3v) is 7.38. The van der Waals surface area contributed by atoms with E-state index in [0.717, 1.165) is 6.26 Å². The van der Waals surface area contributed by atoms with E-state index >= 15 is 0 Å². The molecule has 0 radical (unpaired) electrons. The number of nitrogens with zero attached hydrogens (tertiary/aromatic N) is 2. The molecule has 1 aromatic heterocycles. The second-order valence-electron chi connectivity index (χ2n) is 6.45. The average Bonchev–Trinajstić information content (AvgIpc) is 2.83. The predicted molar refractivity (Wildman–Crippen MR) is 91.2 cm³/mol. The first kappa shape index (κ1) is 20.3. The molecule has 1 aliphatic heterocycles. The number of nitrogens with one attached hydrogen (secondary N) is 1. The highest BCUT2D eigenvalue weighted by Gasteiger charge is 2.41. The molecular weight excluding hydrogens is 370 g/mol. The number of methoxy groups -OCH3 is 1. The molecule has 1 aromatic rings. The molecule has 2 heterocycles. The molecule has 0 saturated carbocycles. The second kappa shape index (κ2) is 7.31. The van der Waals surface area contributed by atoms with Crippen LogP contribution in [0.5, 0.6) is 0 Å². The molecule has 0 atom stereocenters. The van der Waals surface area contributed by atoms with Crippen LogP contribution in [0.2, 0.25) is 0 Å². The van der Waals surface area contributed by atoms with Crippen LogP contribution in [0.4, 0.5) is 0 Å². The van der Waals surface area contributed by atoms with Crippen LogP contribution in [0.15, 0.2) is 9.42 Å². The maximum absolute atomic E-state index is 12.9.